The molecule has 0 radical (unpaired) electrons. The van der Waals surface area contributed by atoms with Gasteiger partial charge in [-0.05, 0) is 25.3 Å². The molecule has 2 N–H and O–H groups in total. The lowest BCUT2D eigenvalue weighted by molar-refractivity contribution is 0.0735. The van der Waals surface area contributed by atoms with Gasteiger partial charge in [-0.3, -0.25) is 4.79 Å². The zero-order valence-electron chi connectivity index (χ0n) is 17.1. The van der Waals surface area contributed by atoms with Crippen LogP contribution < -0.4 is 10.2 Å². The minimum Gasteiger partial charge on any atom is -0.356 e. The van der Waals surface area contributed by atoms with Gasteiger partial charge in [0.1, 0.15) is 11.6 Å². The van der Waals surface area contributed by atoms with Gasteiger partial charge in [0.15, 0.2) is 11.5 Å². The second kappa shape index (κ2) is 7.60. The van der Waals surface area contributed by atoms with Crippen LogP contribution in [0.15, 0.2) is 36.5 Å². The minimum absolute atomic E-state index is 0.305. The number of anilines is 1. The lowest BCUT2D eigenvalue weighted by Gasteiger charge is -2.32. The van der Waals surface area contributed by atoms with E-state index in [4.69, 9.17) is 9.97 Å². The molecule has 1 amide bonds. The molecule has 3 aromatic rings. The standard InChI is InChI=1S/C22H26N6O2/c1-2-27-20-19(21(29)25-22(27)30)28(13-15-8-4-3-5-9-15)18(24-20)12-16-14-26-11-7-6-10-17(26)23-16/h3-5,8-9,14,22,30H,2,6-7,10-13H2,1H3,(H,25,29). The summed E-state index contributed by atoms with van der Waals surface area (Å²) in [7, 11) is 0. The average molecular weight is 406 g/mol. The van der Waals surface area contributed by atoms with Crippen LogP contribution in [-0.4, -0.2) is 43.0 Å². The van der Waals surface area contributed by atoms with Crippen LogP contribution in [0.2, 0.25) is 0 Å². The van der Waals surface area contributed by atoms with Crippen molar-refractivity contribution in [1.82, 2.24) is 24.4 Å². The summed E-state index contributed by atoms with van der Waals surface area (Å²) in [5, 5.41) is 12.9. The van der Waals surface area contributed by atoms with E-state index in [0.717, 1.165) is 35.9 Å². The Hall–Kier alpha value is -3.13. The Balaban J connectivity index is 1.57. The zero-order valence-corrected chi connectivity index (χ0v) is 17.1. The summed E-state index contributed by atoms with van der Waals surface area (Å²) < 4.78 is 4.20. The summed E-state index contributed by atoms with van der Waals surface area (Å²) in [6, 6.07) is 10.0. The van der Waals surface area contributed by atoms with Gasteiger partial charge >= 0.3 is 0 Å². The molecule has 1 aromatic carbocycles. The molecule has 0 aliphatic carbocycles. The fraction of sp³-hybridized carbons (Fsp3) is 0.409. The molecule has 2 aliphatic rings. The number of nitrogens with one attached hydrogen (secondary N) is 1. The summed E-state index contributed by atoms with van der Waals surface area (Å²) >= 11 is 0. The second-order valence-corrected chi connectivity index (χ2v) is 7.88. The summed E-state index contributed by atoms with van der Waals surface area (Å²) in [5.41, 5.74) is 2.54. The largest absolute Gasteiger partial charge is 0.356 e. The van der Waals surface area contributed by atoms with Crippen molar-refractivity contribution in [2.45, 2.75) is 52.0 Å². The van der Waals surface area contributed by atoms with Gasteiger partial charge in [0.2, 0.25) is 6.35 Å². The number of benzene rings is 1. The SMILES string of the molecule is CCN1c2nc(Cc3cn4c(n3)CCCC4)n(Cc3ccccc3)c2C(=O)NC1O. The number of aliphatic hydroxyl groups is 1. The maximum Gasteiger partial charge on any atom is 0.275 e. The first-order chi connectivity index (χ1) is 14.6. The first-order valence-corrected chi connectivity index (χ1v) is 10.6. The molecule has 0 bridgehead atoms. The quantitative estimate of drug-likeness (QED) is 0.676. The Morgan fingerprint density at radius 2 is 2.03 bits per heavy atom. The van der Waals surface area contributed by atoms with E-state index >= 15 is 0 Å². The maximum atomic E-state index is 12.8. The van der Waals surface area contributed by atoms with E-state index in [1.54, 1.807) is 4.90 Å². The number of aromatic nitrogens is 4. The highest BCUT2D eigenvalue weighted by molar-refractivity contribution is 5.99. The topological polar surface area (TPSA) is 88.2 Å². The number of fused-ring (bicyclic) bond motifs is 2. The first-order valence-electron chi connectivity index (χ1n) is 10.6. The van der Waals surface area contributed by atoms with E-state index in [-0.39, 0.29) is 5.91 Å². The molecular formula is C22H26N6O2. The van der Waals surface area contributed by atoms with E-state index in [1.807, 2.05) is 41.8 Å². The van der Waals surface area contributed by atoms with Crippen LogP contribution in [0.5, 0.6) is 0 Å². The lowest BCUT2D eigenvalue weighted by Crippen LogP contribution is -2.53. The van der Waals surface area contributed by atoms with Crippen molar-refractivity contribution < 1.29 is 9.90 Å². The van der Waals surface area contributed by atoms with Gasteiger partial charge in [-0.15, -0.1) is 0 Å². The van der Waals surface area contributed by atoms with Gasteiger partial charge in [-0.1, -0.05) is 30.3 Å². The summed E-state index contributed by atoms with van der Waals surface area (Å²) in [5.74, 6) is 2.14. The summed E-state index contributed by atoms with van der Waals surface area (Å²) in [4.78, 5) is 24.2. The van der Waals surface area contributed by atoms with Crippen molar-refractivity contribution in [1.29, 1.82) is 0 Å². The van der Waals surface area contributed by atoms with Gasteiger partial charge in [0.25, 0.3) is 5.91 Å². The van der Waals surface area contributed by atoms with Crippen LogP contribution >= 0.6 is 0 Å². The van der Waals surface area contributed by atoms with Crippen LogP contribution in [0, 0.1) is 0 Å². The number of hydrogen-bond acceptors (Lipinski definition) is 5. The van der Waals surface area contributed by atoms with Crippen molar-refractivity contribution in [2.24, 2.45) is 0 Å². The van der Waals surface area contributed by atoms with Gasteiger partial charge in [0.05, 0.1) is 5.69 Å². The highest BCUT2D eigenvalue weighted by atomic mass is 16.3. The molecule has 8 nitrogen and oxygen atoms in total. The second-order valence-electron chi connectivity index (χ2n) is 7.88. The predicted molar refractivity (Wildman–Crippen MR) is 112 cm³/mol. The molecule has 8 heteroatoms. The van der Waals surface area contributed by atoms with Crippen LogP contribution in [0.3, 0.4) is 0 Å². The van der Waals surface area contributed by atoms with Crippen molar-refractivity contribution in [2.75, 3.05) is 11.4 Å². The highest BCUT2D eigenvalue weighted by Crippen LogP contribution is 2.28. The van der Waals surface area contributed by atoms with Gasteiger partial charge < -0.3 is 24.5 Å². The molecule has 156 valence electrons. The molecule has 0 spiro atoms. The Morgan fingerprint density at radius 1 is 1.20 bits per heavy atom. The normalized spacial score (nSPS) is 18.1. The lowest BCUT2D eigenvalue weighted by atomic mass is 10.2. The summed E-state index contributed by atoms with van der Waals surface area (Å²) in [6.45, 7) is 4.02. The van der Waals surface area contributed by atoms with E-state index in [9.17, 15) is 9.90 Å². The minimum atomic E-state index is -1.07. The van der Waals surface area contributed by atoms with E-state index < -0.39 is 6.35 Å². The molecule has 2 aliphatic heterocycles. The molecular weight excluding hydrogens is 380 g/mol. The summed E-state index contributed by atoms with van der Waals surface area (Å²) in [6.07, 6.45) is 4.96. The zero-order chi connectivity index (χ0) is 20.7. The number of rotatable bonds is 5. The smallest absolute Gasteiger partial charge is 0.275 e. The molecule has 0 saturated carbocycles. The van der Waals surface area contributed by atoms with Gasteiger partial charge in [-0.25, -0.2) is 9.97 Å². The Morgan fingerprint density at radius 3 is 2.80 bits per heavy atom. The van der Waals surface area contributed by atoms with Gasteiger partial charge in [-0.2, -0.15) is 0 Å². The molecule has 0 fully saturated rings. The molecule has 30 heavy (non-hydrogen) atoms. The maximum absolute atomic E-state index is 12.8. The molecule has 1 unspecified atom stereocenters. The third-order valence-electron chi connectivity index (χ3n) is 5.89. The number of imidazole rings is 2. The number of amides is 1. The Labute approximate surface area is 175 Å². The van der Waals surface area contributed by atoms with Crippen LogP contribution in [0.1, 0.15) is 53.2 Å². The van der Waals surface area contributed by atoms with Crippen molar-refractivity contribution in [3.05, 3.63) is 65.1 Å². The van der Waals surface area contributed by atoms with Crippen molar-refractivity contribution in [3.8, 4) is 0 Å². The number of aryl methyl sites for hydroxylation is 2. The molecule has 5 rings (SSSR count). The highest BCUT2D eigenvalue weighted by Gasteiger charge is 2.35. The molecule has 1 atom stereocenters. The fourth-order valence-corrected chi connectivity index (χ4v) is 4.40. The van der Waals surface area contributed by atoms with E-state index in [1.165, 1.54) is 12.8 Å². The molecule has 0 saturated heterocycles. The molecule has 2 aromatic heterocycles. The van der Waals surface area contributed by atoms with Crippen molar-refractivity contribution in [3.63, 3.8) is 0 Å². The number of carbonyl (C=O) groups excluding carboxylic acids is 1. The van der Waals surface area contributed by atoms with Crippen LogP contribution in [0.4, 0.5) is 5.82 Å². The first kappa shape index (κ1) is 18.9. The van der Waals surface area contributed by atoms with Crippen molar-refractivity contribution >= 4 is 11.7 Å². The third kappa shape index (κ3) is 3.27. The third-order valence-corrected chi connectivity index (χ3v) is 5.89. The number of nitrogens with zero attached hydrogens (tertiary/aromatic N) is 5. The number of aliphatic hydroxyl groups excluding tert-OH is 1. The monoisotopic (exact) mass is 406 g/mol. The number of carbonyl (C=O) groups is 1. The number of hydrogen-bond donors (Lipinski definition) is 2. The van der Waals surface area contributed by atoms with E-state index in [0.29, 0.717) is 31.0 Å². The average Bonchev–Trinajstić information content (AvgIpc) is 3.30. The Kier molecular flexibility index (Phi) is 4.78. The Bertz CT molecular complexity index is 1050. The fourth-order valence-electron chi connectivity index (χ4n) is 4.40. The van der Waals surface area contributed by atoms with Crippen LogP contribution in [0.25, 0.3) is 0 Å². The van der Waals surface area contributed by atoms with Crippen LogP contribution in [-0.2, 0) is 25.9 Å². The predicted octanol–water partition coefficient (Wildman–Crippen LogP) is 1.90. The van der Waals surface area contributed by atoms with E-state index in [2.05, 4.69) is 16.1 Å². The van der Waals surface area contributed by atoms with Gasteiger partial charge in [0, 0.05) is 38.7 Å². The molecule has 4 heterocycles.